The van der Waals surface area contributed by atoms with Crippen LogP contribution in [-0.2, 0) is 4.79 Å². The summed E-state index contributed by atoms with van der Waals surface area (Å²) in [7, 11) is 0. The van der Waals surface area contributed by atoms with Crippen molar-refractivity contribution in [3.63, 3.8) is 0 Å². The van der Waals surface area contributed by atoms with E-state index in [4.69, 9.17) is 5.11 Å². The molecular formula is C14H27NO2. The molecule has 0 unspecified atom stereocenters. The second kappa shape index (κ2) is 7.70. The molecule has 3 heteroatoms. The zero-order valence-corrected chi connectivity index (χ0v) is 11.3. The lowest BCUT2D eigenvalue weighted by Gasteiger charge is -2.33. The standard InChI is InChI=1S/C14H27NO2/c1-12(2)10-15(11-14(16)17)13-8-6-4-3-5-7-9-13/h12-13H,3-11H2,1-2H3,(H,16,17). The molecular weight excluding hydrogens is 214 g/mol. The SMILES string of the molecule is CC(C)CN(CC(=O)O)C1CCCCCCC1. The van der Waals surface area contributed by atoms with Gasteiger partial charge in [-0.3, -0.25) is 9.69 Å². The van der Waals surface area contributed by atoms with Crippen LogP contribution in [-0.4, -0.2) is 35.1 Å². The third-order valence-electron chi connectivity index (χ3n) is 3.53. The van der Waals surface area contributed by atoms with Crippen molar-refractivity contribution in [2.75, 3.05) is 13.1 Å². The molecule has 0 amide bonds. The van der Waals surface area contributed by atoms with E-state index in [-0.39, 0.29) is 6.54 Å². The molecule has 1 fully saturated rings. The maximum atomic E-state index is 10.9. The Morgan fingerprint density at radius 2 is 1.71 bits per heavy atom. The van der Waals surface area contributed by atoms with Crippen LogP contribution < -0.4 is 0 Å². The number of carboxylic acid groups (broad SMARTS) is 1. The Bertz CT molecular complexity index is 220. The third-order valence-corrected chi connectivity index (χ3v) is 3.53. The summed E-state index contributed by atoms with van der Waals surface area (Å²) in [5, 5.41) is 9.01. The molecule has 17 heavy (non-hydrogen) atoms. The predicted molar refractivity (Wildman–Crippen MR) is 70.2 cm³/mol. The van der Waals surface area contributed by atoms with E-state index in [1.54, 1.807) is 0 Å². The van der Waals surface area contributed by atoms with Crippen molar-refractivity contribution in [3.8, 4) is 0 Å². The highest BCUT2D eigenvalue weighted by molar-refractivity contribution is 5.69. The van der Waals surface area contributed by atoms with Crippen molar-refractivity contribution in [1.29, 1.82) is 0 Å². The number of hydrogen-bond acceptors (Lipinski definition) is 2. The van der Waals surface area contributed by atoms with Crippen LogP contribution >= 0.6 is 0 Å². The summed E-state index contributed by atoms with van der Waals surface area (Å²) in [6, 6.07) is 0.494. The van der Waals surface area contributed by atoms with E-state index in [9.17, 15) is 4.79 Å². The van der Waals surface area contributed by atoms with E-state index in [2.05, 4.69) is 18.7 Å². The molecule has 3 nitrogen and oxygen atoms in total. The molecule has 1 N–H and O–H groups in total. The Labute approximate surface area is 105 Å². The molecule has 0 atom stereocenters. The third kappa shape index (κ3) is 6.06. The largest absolute Gasteiger partial charge is 0.480 e. The summed E-state index contributed by atoms with van der Waals surface area (Å²) < 4.78 is 0. The number of carbonyl (C=O) groups is 1. The van der Waals surface area contributed by atoms with E-state index < -0.39 is 5.97 Å². The molecule has 0 aliphatic heterocycles. The zero-order chi connectivity index (χ0) is 12.7. The van der Waals surface area contributed by atoms with Gasteiger partial charge in [-0.15, -0.1) is 0 Å². The van der Waals surface area contributed by atoms with Gasteiger partial charge < -0.3 is 5.11 Å². The first-order valence-electron chi connectivity index (χ1n) is 7.05. The molecule has 1 aliphatic rings. The van der Waals surface area contributed by atoms with Crippen LogP contribution in [0, 0.1) is 5.92 Å². The van der Waals surface area contributed by atoms with Gasteiger partial charge >= 0.3 is 5.97 Å². The van der Waals surface area contributed by atoms with Crippen molar-refractivity contribution < 1.29 is 9.90 Å². The van der Waals surface area contributed by atoms with Crippen molar-refractivity contribution in [2.24, 2.45) is 5.92 Å². The topological polar surface area (TPSA) is 40.5 Å². The summed E-state index contributed by atoms with van der Waals surface area (Å²) in [5.74, 6) is -0.146. The Kier molecular flexibility index (Phi) is 6.56. The van der Waals surface area contributed by atoms with E-state index >= 15 is 0 Å². The predicted octanol–water partition coefficient (Wildman–Crippen LogP) is 3.14. The fourth-order valence-electron chi connectivity index (χ4n) is 2.79. The van der Waals surface area contributed by atoms with Crippen molar-refractivity contribution in [1.82, 2.24) is 4.90 Å². The summed E-state index contributed by atoms with van der Waals surface area (Å²) in [5.41, 5.74) is 0. The van der Waals surface area contributed by atoms with E-state index in [0.717, 1.165) is 6.54 Å². The molecule has 0 bridgehead atoms. The molecule has 0 aromatic carbocycles. The molecule has 100 valence electrons. The van der Waals surface area contributed by atoms with Crippen LogP contribution in [0.3, 0.4) is 0 Å². The van der Waals surface area contributed by atoms with Gasteiger partial charge in [-0.05, 0) is 18.8 Å². The van der Waals surface area contributed by atoms with Gasteiger partial charge in [0.25, 0.3) is 0 Å². The highest BCUT2D eigenvalue weighted by Crippen LogP contribution is 2.22. The normalized spacial score (nSPS) is 19.3. The number of aliphatic carboxylic acids is 1. The molecule has 0 aromatic rings. The minimum Gasteiger partial charge on any atom is -0.480 e. The Morgan fingerprint density at radius 1 is 1.18 bits per heavy atom. The van der Waals surface area contributed by atoms with Gasteiger partial charge in [0, 0.05) is 12.6 Å². The fourth-order valence-corrected chi connectivity index (χ4v) is 2.79. The molecule has 0 spiro atoms. The minimum absolute atomic E-state index is 0.211. The molecule has 0 saturated heterocycles. The Morgan fingerprint density at radius 3 is 2.18 bits per heavy atom. The summed E-state index contributed by atoms with van der Waals surface area (Å²) in [4.78, 5) is 13.1. The molecule has 0 radical (unpaired) electrons. The lowest BCUT2D eigenvalue weighted by Crippen LogP contribution is -2.41. The van der Waals surface area contributed by atoms with Gasteiger partial charge in [0.1, 0.15) is 0 Å². The van der Waals surface area contributed by atoms with Crippen LogP contribution in [0.5, 0.6) is 0 Å². The first-order chi connectivity index (χ1) is 8.09. The fraction of sp³-hybridized carbons (Fsp3) is 0.929. The van der Waals surface area contributed by atoms with Gasteiger partial charge in [-0.2, -0.15) is 0 Å². The van der Waals surface area contributed by atoms with Gasteiger partial charge in [0.2, 0.25) is 0 Å². The van der Waals surface area contributed by atoms with Crippen LogP contribution in [0.2, 0.25) is 0 Å². The summed E-state index contributed by atoms with van der Waals surface area (Å²) in [6.45, 7) is 5.45. The van der Waals surface area contributed by atoms with Gasteiger partial charge in [0.15, 0.2) is 0 Å². The maximum absolute atomic E-state index is 10.9. The van der Waals surface area contributed by atoms with Crippen molar-refractivity contribution in [3.05, 3.63) is 0 Å². The molecule has 1 rings (SSSR count). The maximum Gasteiger partial charge on any atom is 0.317 e. The van der Waals surface area contributed by atoms with Crippen LogP contribution in [0.4, 0.5) is 0 Å². The smallest absolute Gasteiger partial charge is 0.317 e. The van der Waals surface area contributed by atoms with E-state index in [1.165, 1.54) is 44.9 Å². The second-order valence-electron chi connectivity index (χ2n) is 5.72. The second-order valence-corrected chi connectivity index (χ2v) is 5.72. The number of hydrogen-bond donors (Lipinski definition) is 1. The minimum atomic E-state index is -0.687. The molecule has 0 heterocycles. The van der Waals surface area contributed by atoms with Gasteiger partial charge in [-0.1, -0.05) is 46.0 Å². The van der Waals surface area contributed by atoms with Crippen LogP contribution in [0.25, 0.3) is 0 Å². The van der Waals surface area contributed by atoms with Crippen molar-refractivity contribution in [2.45, 2.75) is 64.8 Å². The molecule has 1 aliphatic carbocycles. The quantitative estimate of drug-likeness (QED) is 0.804. The van der Waals surface area contributed by atoms with Gasteiger partial charge in [0.05, 0.1) is 6.54 Å². The van der Waals surface area contributed by atoms with Crippen LogP contribution in [0.15, 0.2) is 0 Å². The summed E-state index contributed by atoms with van der Waals surface area (Å²) in [6.07, 6.45) is 8.88. The summed E-state index contributed by atoms with van der Waals surface area (Å²) >= 11 is 0. The first kappa shape index (κ1) is 14.5. The monoisotopic (exact) mass is 241 g/mol. The highest BCUT2D eigenvalue weighted by atomic mass is 16.4. The Balaban J connectivity index is 2.54. The molecule has 1 saturated carbocycles. The molecule has 0 aromatic heterocycles. The van der Waals surface area contributed by atoms with Crippen LogP contribution in [0.1, 0.15) is 58.8 Å². The van der Waals surface area contributed by atoms with E-state index in [1.807, 2.05) is 0 Å². The lowest BCUT2D eigenvalue weighted by molar-refractivity contribution is -0.139. The highest BCUT2D eigenvalue weighted by Gasteiger charge is 2.21. The zero-order valence-electron chi connectivity index (χ0n) is 11.3. The van der Waals surface area contributed by atoms with Gasteiger partial charge in [-0.25, -0.2) is 0 Å². The average molecular weight is 241 g/mol. The van der Waals surface area contributed by atoms with E-state index in [0.29, 0.717) is 12.0 Å². The number of nitrogens with zero attached hydrogens (tertiary/aromatic N) is 1. The number of carboxylic acids is 1. The first-order valence-corrected chi connectivity index (χ1v) is 7.05. The average Bonchev–Trinajstić information content (AvgIpc) is 2.13. The lowest BCUT2D eigenvalue weighted by atomic mass is 9.95. The van der Waals surface area contributed by atoms with Crippen molar-refractivity contribution >= 4 is 5.97 Å². The Hall–Kier alpha value is -0.570. The number of rotatable bonds is 5.